The molecule has 0 N–H and O–H groups in total. The molecule has 0 aromatic heterocycles. The van der Waals surface area contributed by atoms with E-state index in [1.54, 1.807) is 0 Å². The van der Waals surface area contributed by atoms with E-state index in [1.165, 1.54) is 19.3 Å². The Hall–Kier alpha value is -0.0800. The minimum atomic E-state index is 0.690. The Labute approximate surface area is 56.8 Å². The molecular weight excluding hydrogens is 114 g/mol. The van der Waals surface area contributed by atoms with Crippen LogP contribution in [0.25, 0.3) is 0 Å². The van der Waals surface area contributed by atoms with Crippen LogP contribution in [0.2, 0.25) is 0 Å². The molecule has 0 bridgehead atoms. The molecule has 0 saturated carbocycles. The smallest absolute Gasteiger partial charge is 0.144 e. The van der Waals surface area contributed by atoms with Crippen molar-refractivity contribution in [3.05, 3.63) is 0 Å². The lowest BCUT2D eigenvalue weighted by Crippen LogP contribution is -2.16. The second-order valence-corrected chi connectivity index (χ2v) is 2.53. The molecule has 1 aliphatic heterocycles. The van der Waals surface area contributed by atoms with Crippen molar-refractivity contribution in [1.29, 1.82) is 0 Å². The van der Waals surface area contributed by atoms with E-state index < -0.39 is 0 Å². The van der Waals surface area contributed by atoms with Crippen molar-refractivity contribution in [2.24, 2.45) is 0 Å². The second kappa shape index (κ2) is 3.18. The lowest BCUT2D eigenvalue weighted by Gasteiger charge is -2.09. The zero-order valence-electron chi connectivity index (χ0n) is 6.26. The van der Waals surface area contributed by atoms with Crippen molar-refractivity contribution in [3.8, 4) is 0 Å². The van der Waals surface area contributed by atoms with E-state index in [-0.39, 0.29) is 0 Å². The summed E-state index contributed by atoms with van der Waals surface area (Å²) in [4.78, 5) is 5.05. The fourth-order valence-corrected chi connectivity index (χ4v) is 1.13. The first-order valence-corrected chi connectivity index (χ1v) is 3.78. The molecule has 2 heteroatoms. The van der Waals surface area contributed by atoms with E-state index in [1.807, 2.05) is 0 Å². The molecule has 1 saturated heterocycles. The molecule has 0 radical (unpaired) electrons. The van der Waals surface area contributed by atoms with Gasteiger partial charge in [0, 0.05) is 6.04 Å². The SMILES string of the molecule is CCCC(CC)N1CO1. The molecular formula is C7H15NO. The molecule has 54 valence electrons. The van der Waals surface area contributed by atoms with Gasteiger partial charge in [-0.25, -0.2) is 0 Å². The average molecular weight is 129 g/mol. The highest BCUT2D eigenvalue weighted by Crippen LogP contribution is 2.19. The van der Waals surface area contributed by atoms with Crippen molar-refractivity contribution >= 4 is 0 Å². The highest BCUT2D eigenvalue weighted by atomic mass is 16.8. The number of nitrogens with zero attached hydrogens (tertiary/aromatic N) is 1. The van der Waals surface area contributed by atoms with Gasteiger partial charge >= 0.3 is 0 Å². The minimum absolute atomic E-state index is 0.690. The molecule has 1 heterocycles. The van der Waals surface area contributed by atoms with Crippen LogP contribution in [0.3, 0.4) is 0 Å². The van der Waals surface area contributed by atoms with E-state index in [0.29, 0.717) is 6.04 Å². The molecule has 1 fully saturated rings. The van der Waals surface area contributed by atoms with E-state index in [0.717, 1.165) is 6.73 Å². The Morgan fingerprint density at radius 2 is 2.22 bits per heavy atom. The third-order valence-corrected chi connectivity index (χ3v) is 1.78. The van der Waals surface area contributed by atoms with Crippen LogP contribution in [0.1, 0.15) is 33.1 Å². The van der Waals surface area contributed by atoms with Crippen LogP contribution in [0.5, 0.6) is 0 Å². The Morgan fingerprint density at radius 3 is 2.56 bits per heavy atom. The summed E-state index contributed by atoms with van der Waals surface area (Å²) in [6.45, 7) is 5.28. The first kappa shape index (κ1) is 7.03. The molecule has 0 aliphatic carbocycles. The summed E-state index contributed by atoms with van der Waals surface area (Å²) in [7, 11) is 0. The first-order chi connectivity index (χ1) is 4.38. The van der Waals surface area contributed by atoms with E-state index in [9.17, 15) is 0 Å². The average Bonchev–Trinajstić information content (AvgIpc) is 2.64. The third kappa shape index (κ3) is 1.95. The maximum atomic E-state index is 5.05. The van der Waals surface area contributed by atoms with Crippen molar-refractivity contribution in [2.45, 2.75) is 39.2 Å². The molecule has 2 nitrogen and oxygen atoms in total. The molecule has 0 amide bonds. The largest absolute Gasteiger partial charge is 0.278 e. The highest BCUT2D eigenvalue weighted by molar-refractivity contribution is 4.65. The molecule has 2 unspecified atom stereocenters. The van der Waals surface area contributed by atoms with Crippen LogP contribution in [-0.4, -0.2) is 17.8 Å². The summed E-state index contributed by atoms with van der Waals surface area (Å²) in [6, 6.07) is 0.690. The summed E-state index contributed by atoms with van der Waals surface area (Å²) in [5.74, 6) is 0. The molecule has 9 heavy (non-hydrogen) atoms. The Bertz CT molecular complexity index is 81.0. The van der Waals surface area contributed by atoms with Gasteiger partial charge in [0.1, 0.15) is 6.73 Å². The topological polar surface area (TPSA) is 15.5 Å². The number of hydrogen-bond donors (Lipinski definition) is 0. The summed E-state index contributed by atoms with van der Waals surface area (Å²) in [5.41, 5.74) is 0. The summed E-state index contributed by atoms with van der Waals surface area (Å²) < 4.78 is 0. The molecule has 1 aliphatic rings. The van der Waals surface area contributed by atoms with Crippen LogP contribution >= 0.6 is 0 Å². The van der Waals surface area contributed by atoms with Crippen LogP contribution < -0.4 is 0 Å². The lowest BCUT2D eigenvalue weighted by molar-refractivity contribution is 0.136. The highest BCUT2D eigenvalue weighted by Gasteiger charge is 2.26. The maximum absolute atomic E-state index is 5.05. The van der Waals surface area contributed by atoms with E-state index in [4.69, 9.17) is 4.84 Å². The van der Waals surface area contributed by atoms with E-state index >= 15 is 0 Å². The third-order valence-electron chi connectivity index (χ3n) is 1.78. The van der Waals surface area contributed by atoms with Gasteiger partial charge in [-0.15, -0.1) is 0 Å². The van der Waals surface area contributed by atoms with Gasteiger partial charge in [0.15, 0.2) is 0 Å². The molecule has 1 rings (SSSR count). The van der Waals surface area contributed by atoms with Gasteiger partial charge in [0.05, 0.1) is 0 Å². The van der Waals surface area contributed by atoms with Crippen molar-refractivity contribution < 1.29 is 4.84 Å². The standard InChI is InChI=1S/C7H15NO/c1-3-5-7(4-2)8-6-9-8/h7H,3-6H2,1-2H3. The first-order valence-electron chi connectivity index (χ1n) is 3.78. The number of hydrogen-bond acceptors (Lipinski definition) is 2. The quantitative estimate of drug-likeness (QED) is 0.537. The van der Waals surface area contributed by atoms with Gasteiger partial charge < -0.3 is 0 Å². The lowest BCUT2D eigenvalue weighted by atomic mass is 10.1. The van der Waals surface area contributed by atoms with Gasteiger partial charge in [0.2, 0.25) is 0 Å². The zero-order valence-corrected chi connectivity index (χ0v) is 6.26. The predicted molar refractivity (Wildman–Crippen MR) is 36.8 cm³/mol. The summed E-state index contributed by atoms with van der Waals surface area (Å²) in [6.07, 6.45) is 3.75. The Kier molecular flexibility index (Phi) is 2.49. The van der Waals surface area contributed by atoms with Crippen LogP contribution in [0, 0.1) is 0 Å². The van der Waals surface area contributed by atoms with Gasteiger partial charge in [-0.05, 0) is 12.8 Å². The summed E-state index contributed by atoms with van der Waals surface area (Å²) in [5, 5.41) is 2.06. The fraction of sp³-hybridized carbons (Fsp3) is 1.00. The molecule has 0 spiro atoms. The van der Waals surface area contributed by atoms with Gasteiger partial charge in [-0.1, -0.05) is 20.3 Å². The zero-order chi connectivity index (χ0) is 6.69. The monoisotopic (exact) mass is 129 g/mol. The molecule has 0 aromatic rings. The Morgan fingerprint density at radius 1 is 1.56 bits per heavy atom. The van der Waals surface area contributed by atoms with Gasteiger partial charge in [-0.2, -0.15) is 5.06 Å². The van der Waals surface area contributed by atoms with Crippen LogP contribution in [0.4, 0.5) is 0 Å². The molecule has 0 aromatic carbocycles. The predicted octanol–water partition coefficient (Wildman–Crippen LogP) is 1.77. The Balaban J connectivity index is 2.12. The number of hydroxylamine groups is 2. The fourth-order valence-electron chi connectivity index (χ4n) is 1.13. The van der Waals surface area contributed by atoms with Crippen molar-refractivity contribution in [1.82, 2.24) is 5.06 Å². The normalized spacial score (nSPS) is 28.0. The second-order valence-electron chi connectivity index (χ2n) is 2.53. The number of rotatable bonds is 4. The van der Waals surface area contributed by atoms with Crippen LogP contribution in [0.15, 0.2) is 0 Å². The summed E-state index contributed by atoms with van der Waals surface area (Å²) >= 11 is 0. The maximum Gasteiger partial charge on any atom is 0.144 e. The van der Waals surface area contributed by atoms with Gasteiger partial charge in [-0.3, -0.25) is 4.84 Å². The minimum Gasteiger partial charge on any atom is -0.278 e. The van der Waals surface area contributed by atoms with Crippen molar-refractivity contribution in [3.63, 3.8) is 0 Å². The molecule has 2 atom stereocenters. The van der Waals surface area contributed by atoms with Crippen molar-refractivity contribution in [2.75, 3.05) is 6.73 Å². The van der Waals surface area contributed by atoms with E-state index in [2.05, 4.69) is 18.9 Å². The van der Waals surface area contributed by atoms with Gasteiger partial charge in [0.25, 0.3) is 0 Å². The van der Waals surface area contributed by atoms with Crippen LogP contribution in [-0.2, 0) is 4.84 Å².